The molecule has 164 valence electrons. The van der Waals surface area contributed by atoms with Crippen LogP contribution in [0.4, 0.5) is 5.69 Å². The fourth-order valence-electron chi connectivity index (χ4n) is 4.31. The van der Waals surface area contributed by atoms with Crippen LogP contribution >= 0.6 is 11.8 Å². The minimum Gasteiger partial charge on any atom is -0.492 e. The van der Waals surface area contributed by atoms with Gasteiger partial charge in [-0.1, -0.05) is 24.3 Å². The zero-order valence-corrected chi connectivity index (χ0v) is 18.7. The van der Waals surface area contributed by atoms with Crippen LogP contribution in [0.15, 0.2) is 70.5 Å². The van der Waals surface area contributed by atoms with E-state index in [2.05, 4.69) is 17.4 Å². The number of hydrogen-bond acceptors (Lipinski definition) is 7. The smallest absolute Gasteiger partial charge is 0.182 e. The van der Waals surface area contributed by atoms with Crippen LogP contribution < -0.4 is 19.5 Å². The second kappa shape index (κ2) is 7.64. The van der Waals surface area contributed by atoms with E-state index in [0.29, 0.717) is 35.3 Å². The van der Waals surface area contributed by atoms with E-state index in [1.807, 2.05) is 30.3 Å². The van der Waals surface area contributed by atoms with E-state index in [0.717, 1.165) is 27.5 Å². The third kappa shape index (κ3) is 3.47. The lowest BCUT2D eigenvalue weighted by molar-refractivity contribution is 0.0908. The molecular formula is C24H21NO5S2. The summed E-state index contributed by atoms with van der Waals surface area (Å²) in [6.45, 7) is 1.11. The predicted octanol–water partition coefficient (Wildman–Crippen LogP) is 4.62. The Labute approximate surface area is 190 Å². The number of hydrogen-bond donors (Lipinski definition) is 1. The Morgan fingerprint density at radius 3 is 2.69 bits per heavy atom. The number of fused-ring (bicyclic) bond motifs is 3. The second-order valence-electron chi connectivity index (χ2n) is 8.00. The highest BCUT2D eigenvalue weighted by Gasteiger charge is 2.32. The summed E-state index contributed by atoms with van der Waals surface area (Å²) in [4.78, 5) is 1.49. The zero-order chi connectivity index (χ0) is 21.7. The van der Waals surface area contributed by atoms with Crippen molar-refractivity contribution in [2.24, 2.45) is 0 Å². The summed E-state index contributed by atoms with van der Waals surface area (Å²) < 4.78 is 43.6. The van der Waals surface area contributed by atoms with Crippen molar-refractivity contribution in [3.8, 4) is 17.2 Å². The molecule has 0 spiro atoms. The molecule has 0 amide bonds. The van der Waals surface area contributed by atoms with Gasteiger partial charge < -0.3 is 19.5 Å². The lowest BCUT2D eigenvalue weighted by atomic mass is 10.1. The summed E-state index contributed by atoms with van der Waals surface area (Å²) >= 11 is 1.79. The minimum absolute atomic E-state index is 0.00703. The summed E-state index contributed by atoms with van der Waals surface area (Å²) in [5, 5.41) is 3.36. The van der Waals surface area contributed by atoms with E-state index < -0.39 is 9.84 Å². The van der Waals surface area contributed by atoms with Crippen molar-refractivity contribution in [2.45, 2.75) is 21.9 Å². The number of ether oxygens (including phenoxy) is 3. The molecule has 2 atom stereocenters. The van der Waals surface area contributed by atoms with Gasteiger partial charge in [0.15, 0.2) is 27.4 Å². The van der Waals surface area contributed by atoms with Crippen molar-refractivity contribution in [3.63, 3.8) is 0 Å². The van der Waals surface area contributed by atoms with E-state index in [1.54, 1.807) is 30.0 Å². The molecule has 0 saturated heterocycles. The third-order valence-electron chi connectivity index (χ3n) is 5.91. The van der Waals surface area contributed by atoms with Gasteiger partial charge in [-0.25, -0.2) is 8.42 Å². The highest BCUT2D eigenvalue weighted by molar-refractivity contribution is 7.99. The summed E-state index contributed by atoms with van der Waals surface area (Å²) in [6.07, 6.45) is -0.262. The van der Waals surface area contributed by atoms with Gasteiger partial charge in [-0.15, -0.1) is 11.8 Å². The van der Waals surface area contributed by atoms with E-state index in [9.17, 15) is 8.42 Å². The maximum atomic E-state index is 12.8. The first-order valence-electron chi connectivity index (χ1n) is 10.5. The lowest BCUT2D eigenvalue weighted by Crippen LogP contribution is -2.28. The van der Waals surface area contributed by atoms with Gasteiger partial charge in [0.1, 0.15) is 12.4 Å². The molecule has 1 N–H and O–H groups in total. The Bertz CT molecular complexity index is 1310. The van der Waals surface area contributed by atoms with Gasteiger partial charge in [0, 0.05) is 10.6 Å². The van der Waals surface area contributed by atoms with E-state index in [4.69, 9.17) is 14.2 Å². The van der Waals surface area contributed by atoms with Crippen LogP contribution in [0.2, 0.25) is 0 Å². The summed E-state index contributed by atoms with van der Waals surface area (Å²) in [5.41, 5.74) is 2.47. The van der Waals surface area contributed by atoms with Crippen LogP contribution in [-0.2, 0) is 9.84 Å². The average Bonchev–Trinajstić information content (AvgIpc) is 2.82. The van der Waals surface area contributed by atoms with E-state index >= 15 is 0 Å². The molecule has 3 aliphatic rings. The van der Waals surface area contributed by atoms with Crippen LogP contribution in [0, 0.1) is 0 Å². The first-order valence-corrected chi connectivity index (χ1v) is 13.1. The number of para-hydroxylation sites is 1. The number of sulfone groups is 1. The maximum absolute atomic E-state index is 12.8. The molecule has 0 bridgehead atoms. The molecule has 3 aromatic rings. The molecule has 2 unspecified atom stereocenters. The van der Waals surface area contributed by atoms with Gasteiger partial charge in [0.25, 0.3) is 0 Å². The molecule has 6 rings (SSSR count). The molecule has 8 heteroatoms. The van der Waals surface area contributed by atoms with Gasteiger partial charge in [-0.3, -0.25) is 0 Å². The molecule has 0 aromatic heterocycles. The highest BCUT2D eigenvalue weighted by Crippen LogP contribution is 2.42. The number of rotatable bonds is 2. The van der Waals surface area contributed by atoms with E-state index in [1.165, 1.54) is 0 Å². The maximum Gasteiger partial charge on any atom is 0.182 e. The first-order chi connectivity index (χ1) is 15.6. The fraction of sp³-hybridized carbons (Fsp3) is 0.250. The summed E-state index contributed by atoms with van der Waals surface area (Å²) in [5.74, 6) is 3.12. The Balaban J connectivity index is 1.28. The molecule has 3 aliphatic heterocycles. The van der Waals surface area contributed by atoms with Crippen LogP contribution in [0.1, 0.15) is 23.3 Å². The standard InChI is InChI=1S/C24H21NO5S2/c26-32(27)14-18(25-17-3-1-2-4-24(17)32)15-5-7-19-20(11-15)30-22(13-29-19)16-6-8-23-21(12-16)28-9-10-31-23/h1-8,11-12,18,22,25H,9-10,13-14H2. The van der Waals surface area contributed by atoms with E-state index in [-0.39, 0.29) is 17.9 Å². The van der Waals surface area contributed by atoms with Crippen LogP contribution in [0.25, 0.3) is 0 Å². The molecule has 0 aliphatic carbocycles. The Hall–Kier alpha value is -2.84. The average molecular weight is 468 g/mol. The van der Waals surface area contributed by atoms with Crippen molar-refractivity contribution in [2.75, 3.05) is 30.0 Å². The second-order valence-corrected chi connectivity index (χ2v) is 11.1. The quantitative estimate of drug-likeness (QED) is 0.589. The third-order valence-corrected chi connectivity index (χ3v) is 8.72. The predicted molar refractivity (Wildman–Crippen MR) is 123 cm³/mol. The fourth-order valence-corrected chi connectivity index (χ4v) is 6.76. The number of anilines is 1. The summed E-state index contributed by atoms with van der Waals surface area (Å²) in [7, 11) is -3.37. The molecule has 0 fully saturated rings. The summed E-state index contributed by atoms with van der Waals surface area (Å²) in [6, 6.07) is 18.4. The van der Waals surface area contributed by atoms with Gasteiger partial charge >= 0.3 is 0 Å². The molecule has 32 heavy (non-hydrogen) atoms. The largest absolute Gasteiger partial charge is 0.492 e. The van der Waals surface area contributed by atoms with Crippen LogP contribution in [-0.4, -0.2) is 33.1 Å². The minimum atomic E-state index is -3.37. The Morgan fingerprint density at radius 1 is 0.906 bits per heavy atom. The molecular weight excluding hydrogens is 446 g/mol. The highest BCUT2D eigenvalue weighted by atomic mass is 32.2. The monoisotopic (exact) mass is 467 g/mol. The van der Waals surface area contributed by atoms with Crippen molar-refractivity contribution >= 4 is 27.3 Å². The number of benzene rings is 3. The van der Waals surface area contributed by atoms with Crippen LogP contribution in [0.5, 0.6) is 17.2 Å². The first kappa shape index (κ1) is 19.8. The van der Waals surface area contributed by atoms with Gasteiger partial charge in [0.05, 0.1) is 29.0 Å². The van der Waals surface area contributed by atoms with Crippen molar-refractivity contribution in [1.82, 2.24) is 0 Å². The van der Waals surface area contributed by atoms with Crippen molar-refractivity contribution in [1.29, 1.82) is 0 Å². The van der Waals surface area contributed by atoms with Gasteiger partial charge in [-0.05, 0) is 47.5 Å². The lowest BCUT2D eigenvalue weighted by Gasteiger charge is -2.30. The SMILES string of the molecule is O=S1(=O)CC(c2ccc3c(c2)OC(c2ccc4c(c2)OCCS4)CO3)Nc2ccccc21. The topological polar surface area (TPSA) is 73.9 Å². The molecule has 3 heterocycles. The Kier molecular flexibility index (Phi) is 4.73. The number of nitrogens with one attached hydrogen (secondary N) is 1. The molecule has 0 radical (unpaired) electrons. The molecule has 3 aromatic carbocycles. The normalized spacial score (nSPS) is 22.6. The van der Waals surface area contributed by atoms with Crippen LogP contribution in [0.3, 0.4) is 0 Å². The zero-order valence-electron chi connectivity index (χ0n) is 17.1. The number of thioether (sulfide) groups is 1. The van der Waals surface area contributed by atoms with Gasteiger partial charge in [0.2, 0.25) is 0 Å². The van der Waals surface area contributed by atoms with Crippen molar-refractivity contribution in [3.05, 3.63) is 71.8 Å². The van der Waals surface area contributed by atoms with Gasteiger partial charge in [-0.2, -0.15) is 0 Å². The van der Waals surface area contributed by atoms with Crippen molar-refractivity contribution < 1.29 is 22.6 Å². The molecule has 0 saturated carbocycles. The molecule has 6 nitrogen and oxygen atoms in total. The Morgan fingerprint density at radius 2 is 1.75 bits per heavy atom.